The van der Waals surface area contributed by atoms with E-state index in [1.54, 1.807) is 0 Å². The van der Waals surface area contributed by atoms with Crippen molar-refractivity contribution in [3.8, 4) is 16.9 Å². The van der Waals surface area contributed by atoms with Crippen molar-refractivity contribution in [2.24, 2.45) is 0 Å². The summed E-state index contributed by atoms with van der Waals surface area (Å²) in [6.07, 6.45) is -4.72. The van der Waals surface area contributed by atoms with Crippen molar-refractivity contribution in [3.05, 3.63) is 53.3 Å². The van der Waals surface area contributed by atoms with E-state index in [2.05, 4.69) is 4.74 Å². The maximum Gasteiger partial charge on any atom is 0.573 e. The van der Waals surface area contributed by atoms with Crippen LogP contribution in [0.25, 0.3) is 11.1 Å². The standard InChI is InChI=1S/C14H6F6O2/c15-10-4-8(5-11(16)13(10)17)9-3-7(6-21)1-2-12(9)22-14(18,19)20/h1-6H. The van der Waals surface area contributed by atoms with Gasteiger partial charge in [0.25, 0.3) is 0 Å². The highest BCUT2D eigenvalue weighted by Gasteiger charge is 2.32. The van der Waals surface area contributed by atoms with Crippen LogP contribution in [0.4, 0.5) is 26.3 Å². The number of hydrogen-bond acceptors (Lipinski definition) is 2. The Hall–Kier alpha value is -2.51. The van der Waals surface area contributed by atoms with E-state index in [1.807, 2.05) is 0 Å². The molecule has 2 rings (SSSR count). The van der Waals surface area contributed by atoms with E-state index in [9.17, 15) is 31.1 Å². The lowest BCUT2D eigenvalue weighted by Crippen LogP contribution is -2.17. The van der Waals surface area contributed by atoms with Gasteiger partial charge in [-0.2, -0.15) is 0 Å². The minimum Gasteiger partial charge on any atom is -0.405 e. The second kappa shape index (κ2) is 5.70. The molecule has 0 atom stereocenters. The molecule has 0 heterocycles. The number of carbonyl (C=O) groups excluding carboxylic acids is 1. The first kappa shape index (κ1) is 15.9. The molecule has 0 unspecified atom stereocenters. The topological polar surface area (TPSA) is 26.3 Å². The summed E-state index contributed by atoms with van der Waals surface area (Å²) >= 11 is 0. The van der Waals surface area contributed by atoms with Gasteiger partial charge in [0.15, 0.2) is 17.5 Å². The second-order valence-corrected chi connectivity index (χ2v) is 4.18. The minimum atomic E-state index is -5.05. The van der Waals surface area contributed by atoms with Crippen molar-refractivity contribution in [3.63, 3.8) is 0 Å². The third-order valence-electron chi connectivity index (χ3n) is 2.66. The quantitative estimate of drug-likeness (QED) is 0.473. The van der Waals surface area contributed by atoms with Crippen LogP contribution < -0.4 is 4.74 Å². The Bertz CT molecular complexity index is 701. The van der Waals surface area contributed by atoms with E-state index in [0.717, 1.165) is 18.2 Å². The Balaban J connectivity index is 2.63. The van der Waals surface area contributed by atoms with Crippen LogP contribution in [-0.2, 0) is 0 Å². The lowest BCUT2D eigenvalue weighted by atomic mass is 10.0. The molecule has 2 nitrogen and oxygen atoms in total. The molecule has 0 spiro atoms. The molecule has 0 aromatic heterocycles. The first-order valence-electron chi connectivity index (χ1n) is 5.71. The van der Waals surface area contributed by atoms with E-state index in [-0.39, 0.29) is 5.56 Å². The van der Waals surface area contributed by atoms with E-state index in [4.69, 9.17) is 0 Å². The summed E-state index contributed by atoms with van der Waals surface area (Å²) in [5.41, 5.74) is -0.853. The first-order chi connectivity index (χ1) is 10.2. The van der Waals surface area contributed by atoms with E-state index < -0.39 is 40.7 Å². The zero-order chi connectivity index (χ0) is 16.5. The van der Waals surface area contributed by atoms with E-state index >= 15 is 0 Å². The third-order valence-corrected chi connectivity index (χ3v) is 2.66. The minimum absolute atomic E-state index is 0.0466. The molecular formula is C14H6F6O2. The summed E-state index contributed by atoms with van der Waals surface area (Å²) < 4.78 is 80.2. The molecule has 0 saturated carbocycles. The van der Waals surface area contributed by atoms with Gasteiger partial charge in [-0.25, -0.2) is 13.2 Å². The van der Waals surface area contributed by atoms with Crippen LogP contribution in [0.1, 0.15) is 10.4 Å². The highest BCUT2D eigenvalue weighted by atomic mass is 19.4. The van der Waals surface area contributed by atoms with Gasteiger partial charge in [-0.1, -0.05) is 0 Å². The van der Waals surface area contributed by atoms with Gasteiger partial charge in [0.2, 0.25) is 0 Å². The average molecular weight is 320 g/mol. The fourth-order valence-corrected chi connectivity index (χ4v) is 1.77. The number of rotatable bonds is 3. The molecule has 0 fully saturated rings. The van der Waals surface area contributed by atoms with Crippen LogP contribution in [0.3, 0.4) is 0 Å². The summed E-state index contributed by atoms with van der Waals surface area (Å²) in [6, 6.07) is 3.82. The van der Waals surface area contributed by atoms with Crippen molar-refractivity contribution in [1.29, 1.82) is 0 Å². The second-order valence-electron chi connectivity index (χ2n) is 4.18. The zero-order valence-corrected chi connectivity index (χ0v) is 10.5. The fourth-order valence-electron chi connectivity index (χ4n) is 1.77. The Morgan fingerprint density at radius 1 is 0.955 bits per heavy atom. The van der Waals surface area contributed by atoms with Crippen LogP contribution >= 0.6 is 0 Å². The van der Waals surface area contributed by atoms with Gasteiger partial charge in [-0.15, -0.1) is 13.2 Å². The summed E-state index contributed by atoms with van der Waals surface area (Å²) in [5, 5.41) is 0. The zero-order valence-electron chi connectivity index (χ0n) is 10.5. The molecule has 2 aromatic carbocycles. The first-order valence-corrected chi connectivity index (χ1v) is 5.71. The Labute approximate surface area is 119 Å². The molecule has 0 saturated heterocycles. The largest absolute Gasteiger partial charge is 0.573 e. The highest BCUT2D eigenvalue weighted by Crippen LogP contribution is 2.35. The monoisotopic (exact) mass is 320 g/mol. The highest BCUT2D eigenvalue weighted by molar-refractivity contribution is 5.81. The molecule has 8 heteroatoms. The molecule has 0 bridgehead atoms. The Morgan fingerprint density at radius 3 is 2.05 bits per heavy atom. The molecule has 22 heavy (non-hydrogen) atoms. The van der Waals surface area contributed by atoms with Crippen molar-refractivity contribution < 1.29 is 35.9 Å². The predicted molar refractivity (Wildman–Crippen MR) is 63.8 cm³/mol. The molecule has 0 aliphatic carbocycles. The SMILES string of the molecule is O=Cc1ccc(OC(F)(F)F)c(-c2cc(F)c(F)c(F)c2)c1. The maximum absolute atomic E-state index is 13.2. The maximum atomic E-state index is 13.2. The predicted octanol–water partition coefficient (Wildman–Crippen LogP) is 4.48. The van der Waals surface area contributed by atoms with Gasteiger partial charge in [0, 0.05) is 11.1 Å². The van der Waals surface area contributed by atoms with Gasteiger partial charge >= 0.3 is 6.36 Å². The summed E-state index contributed by atoms with van der Waals surface area (Å²) in [6.45, 7) is 0. The fraction of sp³-hybridized carbons (Fsp3) is 0.0714. The summed E-state index contributed by atoms with van der Waals surface area (Å²) in [5.74, 6) is -5.69. The number of alkyl halides is 3. The smallest absolute Gasteiger partial charge is 0.405 e. The number of carbonyl (C=O) groups is 1. The lowest BCUT2D eigenvalue weighted by molar-refractivity contribution is -0.274. The third kappa shape index (κ3) is 3.38. The van der Waals surface area contributed by atoms with Crippen molar-refractivity contribution >= 4 is 6.29 Å². The number of halogens is 6. The molecule has 0 aliphatic heterocycles. The van der Waals surface area contributed by atoms with E-state index in [1.165, 1.54) is 0 Å². The van der Waals surface area contributed by atoms with Crippen molar-refractivity contribution in [2.75, 3.05) is 0 Å². The molecule has 0 aliphatic rings. The molecule has 116 valence electrons. The molecular weight excluding hydrogens is 314 g/mol. The molecule has 0 radical (unpaired) electrons. The summed E-state index contributed by atoms with van der Waals surface area (Å²) in [4.78, 5) is 10.7. The lowest BCUT2D eigenvalue weighted by Gasteiger charge is -2.14. The van der Waals surface area contributed by atoms with E-state index in [0.29, 0.717) is 18.4 Å². The number of benzene rings is 2. The Kier molecular flexibility index (Phi) is 4.11. The molecule has 0 N–H and O–H groups in total. The van der Waals surface area contributed by atoms with Crippen LogP contribution in [0.2, 0.25) is 0 Å². The Morgan fingerprint density at radius 2 is 1.55 bits per heavy atom. The molecule has 0 amide bonds. The average Bonchev–Trinajstić information content (AvgIpc) is 2.43. The van der Waals surface area contributed by atoms with Gasteiger partial charge in [0.05, 0.1) is 0 Å². The van der Waals surface area contributed by atoms with Crippen molar-refractivity contribution in [1.82, 2.24) is 0 Å². The van der Waals surface area contributed by atoms with Gasteiger partial charge in [-0.3, -0.25) is 4.79 Å². The number of aldehydes is 1. The van der Waals surface area contributed by atoms with Crippen molar-refractivity contribution in [2.45, 2.75) is 6.36 Å². The molecule has 2 aromatic rings. The summed E-state index contributed by atoms with van der Waals surface area (Å²) in [7, 11) is 0. The number of ether oxygens (including phenoxy) is 1. The van der Waals surface area contributed by atoms with Gasteiger partial charge < -0.3 is 4.74 Å². The van der Waals surface area contributed by atoms with Crippen LogP contribution in [0, 0.1) is 17.5 Å². The van der Waals surface area contributed by atoms with Crippen LogP contribution in [0.5, 0.6) is 5.75 Å². The number of hydrogen-bond donors (Lipinski definition) is 0. The van der Waals surface area contributed by atoms with Crippen LogP contribution in [0.15, 0.2) is 30.3 Å². The normalized spacial score (nSPS) is 11.4. The van der Waals surface area contributed by atoms with Crippen LogP contribution in [-0.4, -0.2) is 12.6 Å². The van der Waals surface area contributed by atoms with Gasteiger partial charge in [-0.05, 0) is 35.9 Å². The van der Waals surface area contributed by atoms with Gasteiger partial charge in [0.1, 0.15) is 12.0 Å².